The lowest BCUT2D eigenvalue weighted by molar-refractivity contribution is 0.400. The van der Waals surface area contributed by atoms with Crippen molar-refractivity contribution < 1.29 is 17.9 Å². The SMILES string of the molecule is COc1nc(N2[C@@H]3CC[C@H]2CNC3)cc2c1c(=O)n(-c1cnc3cc(Cl)ccn13)c(=O)n2Cc1cc(F)c(F)c(F)c1. The summed E-state index contributed by atoms with van der Waals surface area (Å²) in [6.45, 7) is 1.12. The molecule has 14 heteroatoms. The average Bonchev–Trinajstić information content (AvgIpc) is 3.49. The van der Waals surface area contributed by atoms with Crippen LogP contribution in [-0.4, -0.2) is 55.8 Å². The van der Waals surface area contributed by atoms with Gasteiger partial charge in [0.25, 0.3) is 5.56 Å². The maximum atomic E-state index is 14.2. The number of benzene rings is 1. The van der Waals surface area contributed by atoms with Gasteiger partial charge in [-0.2, -0.15) is 4.98 Å². The largest absolute Gasteiger partial charge is 0.480 e. The first-order valence-electron chi connectivity index (χ1n) is 13.2. The van der Waals surface area contributed by atoms with E-state index in [2.05, 4.69) is 15.2 Å². The third kappa shape index (κ3) is 4.06. The second kappa shape index (κ2) is 9.88. The fraction of sp³-hybridized carbons (Fsp3) is 0.286. The van der Waals surface area contributed by atoms with Crippen molar-refractivity contribution in [2.45, 2.75) is 31.5 Å². The number of fused-ring (bicyclic) bond motifs is 4. The number of hydrogen-bond acceptors (Lipinski definition) is 7. The van der Waals surface area contributed by atoms with E-state index >= 15 is 0 Å². The van der Waals surface area contributed by atoms with Crippen molar-refractivity contribution in [2.24, 2.45) is 0 Å². The molecule has 42 heavy (non-hydrogen) atoms. The number of aromatic nitrogens is 5. The molecule has 2 saturated heterocycles. The van der Waals surface area contributed by atoms with E-state index in [1.807, 2.05) is 0 Å². The van der Waals surface area contributed by atoms with E-state index in [0.717, 1.165) is 42.6 Å². The number of imidazole rings is 1. The summed E-state index contributed by atoms with van der Waals surface area (Å²) in [5.74, 6) is -3.80. The van der Waals surface area contributed by atoms with E-state index in [9.17, 15) is 22.8 Å². The molecule has 216 valence electrons. The molecule has 1 aromatic carbocycles. The fourth-order valence-electron chi connectivity index (χ4n) is 6.11. The van der Waals surface area contributed by atoms with Crippen molar-refractivity contribution in [1.29, 1.82) is 0 Å². The quantitative estimate of drug-likeness (QED) is 0.311. The van der Waals surface area contributed by atoms with Gasteiger partial charge >= 0.3 is 5.69 Å². The van der Waals surface area contributed by atoms with Gasteiger partial charge < -0.3 is 15.0 Å². The maximum Gasteiger partial charge on any atom is 0.337 e. The van der Waals surface area contributed by atoms with Crippen LogP contribution in [0.1, 0.15) is 18.4 Å². The molecule has 2 bridgehead atoms. The number of nitrogens with one attached hydrogen (secondary N) is 1. The van der Waals surface area contributed by atoms with Gasteiger partial charge in [-0.1, -0.05) is 11.6 Å². The third-order valence-corrected chi connectivity index (χ3v) is 8.22. The van der Waals surface area contributed by atoms with Crippen molar-refractivity contribution >= 4 is 34.0 Å². The predicted octanol–water partition coefficient (Wildman–Crippen LogP) is 3.26. The number of piperazine rings is 1. The smallest absolute Gasteiger partial charge is 0.337 e. The highest BCUT2D eigenvalue weighted by molar-refractivity contribution is 6.30. The highest BCUT2D eigenvalue weighted by Crippen LogP contribution is 2.35. The second-order valence-corrected chi connectivity index (χ2v) is 10.8. The van der Waals surface area contributed by atoms with Gasteiger partial charge in [-0.15, -0.1) is 0 Å². The van der Waals surface area contributed by atoms with Gasteiger partial charge in [0.1, 0.15) is 22.7 Å². The van der Waals surface area contributed by atoms with Crippen LogP contribution in [0.4, 0.5) is 19.0 Å². The first-order valence-corrected chi connectivity index (χ1v) is 13.6. The molecule has 4 aromatic heterocycles. The number of methoxy groups -OCH3 is 1. The van der Waals surface area contributed by atoms with Crippen LogP contribution in [0.25, 0.3) is 22.4 Å². The van der Waals surface area contributed by atoms with E-state index in [-0.39, 0.29) is 46.8 Å². The van der Waals surface area contributed by atoms with Crippen molar-refractivity contribution in [3.8, 4) is 11.7 Å². The molecule has 1 N–H and O–H groups in total. The zero-order chi connectivity index (χ0) is 29.3. The van der Waals surface area contributed by atoms with Gasteiger partial charge in [-0.3, -0.25) is 13.8 Å². The highest BCUT2D eigenvalue weighted by atomic mass is 35.5. The molecule has 10 nitrogen and oxygen atoms in total. The minimum atomic E-state index is -1.62. The van der Waals surface area contributed by atoms with Gasteiger partial charge in [-0.25, -0.2) is 27.5 Å². The van der Waals surface area contributed by atoms with Crippen LogP contribution in [0.15, 0.2) is 52.3 Å². The van der Waals surface area contributed by atoms with Gasteiger partial charge in [-0.05, 0) is 36.6 Å². The molecule has 0 radical (unpaired) electrons. The summed E-state index contributed by atoms with van der Waals surface area (Å²) in [7, 11) is 1.37. The summed E-state index contributed by atoms with van der Waals surface area (Å²) < 4.78 is 51.5. The summed E-state index contributed by atoms with van der Waals surface area (Å²) in [6, 6.07) is 6.72. The van der Waals surface area contributed by atoms with Crippen LogP contribution in [0.5, 0.6) is 5.88 Å². The first-order chi connectivity index (χ1) is 20.2. The van der Waals surface area contributed by atoms with Crippen LogP contribution < -0.4 is 26.2 Å². The molecule has 2 atom stereocenters. The molecule has 0 spiro atoms. The van der Waals surface area contributed by atoms with Gasteiger partial charge in [0, 0.05) is 48.5 Å². The van der Waals surface area contributed by atoms with Crippen molar-refractivity contribution in [3.63, 3.8) is 0 Å². The van der Waals surface area contributed by atoms with E-state index in [1.165, 1.54) is 22.3 Å². The fourth-order valence-corrected chi connectivity index (χ4v) is 6.26. The second-order valence-electron chi connectivity index (χ2n) is 10.4. The monoisotopic (exact) mass is 597 g/mol. The average molecular weight is 598 g/mol. The van der Waals surface area contributed by atoms with Crippen LogP contribution in [0.3, 0.4) is 0 Å². The molecule has 5 aromatic rings. The maximum absolute atomic E-state index is 14.2. The zero-order valence-corrected chi connectivity index (χ0v) is 22.9. The number of hydrogen-bond donors (Lipinski definition) is 1. The third-order valence-electron chi connectivity index (χ3n) is 7.99. The Hall–Kier alpha value is -4.36. The Labute approximate surface area is 240 Å². The Kier molecular flexibility index (Phi) is 6.24. The molecule has 0 aliphatic carbocycles. The summed E-state index contributed by atoms with van der Waals surface area (Å²) >= 11 is 6.10. The molecule has 6 heterocycles. The normalized spacial score (nSPS) is 18.4. The molecule has 0 saturated carbocycles. The van der Waals surface area contributed by atoms with Crippen LogP contribution in [-0.2, 0) is 6.54 Å². The molecule has 2 aliphatic rings. The summed E-state index contributed by atoms with van der Waals surface area (Å²) in [4.78, 5) is 39.4. The van der Waals surface area contributed by atoms with Crippen molar-refractivity contribution in [3.05, 3.63) is 91.6 Å². The van der Waals surface area contributed by atoms with Gasteiger partial charge in [0.15, 0.2) is 17.5 Å². The number of anilines is 1. The lowest BCUT2D eigenvalue weighted by Gasteiger charge is -2.36. The summed E-state index contributed by atoms with van der Waals surface area (Å²) in [5.41, 5.74) is -1.02. The van der Waals surface area contributed by atoms with Crippen LogP contribution in [0.2, 0.25) is 5.02 Å². The summed E-state index contributed by atoms with van der Waals surface area (Å²) in [6.07, 6.45) is 4.79. The van der Waals surface area contributed by atoms with E-state index in [0.29, 0.717) is 16.5 Å². The highest BCUT2D eigenvalue weighted by Gasteiger charge is 2.38. The van der Waals surface area contributed by atoms with E-state index < -0.39 is 28.7 Å². The predicted molar refractivity (Wildman–Crippen MR) is 149 cm³/mol. The molecule has 2 aliphatic heterocycles. The van der Waals surface area contributed by atoms with Gasteiger partial charge in [0.2, 0.25) is 5.88 Å². The Balaban J connectivity index is 1.53. The minimum Gasteiger partial charge on any atom is -0.480 e. The number of pyridine rings is 2. The zero-order valence-electron chi connectivity index (χ0n) is 22.2. The Morgan fingerprint density at radius 1 is 1.07 bits per heavy atom. The lowest BCUT2D eigenvalue weighted by atomic mass is 10.1. The molecule has 0 amide bonds. The number of rotatable bonds is 5. The molecule has 0 unspecified atom stereocenters. The number of halogens is 4. The Morgan fingerprint density at radius 2 is 1.79 bits per heavy atom. The lowest BCUT2D eigenvalue weighted by Crippen LogP contribution is -2.52. The van der Waals surface area contributed by atoms with Crippen LogP contribution in [0, 0.1) is 17.5 Å². The topological polar surface area (TPSA) is 98.7 Å². The number of ether oxygens (including phenoxy) is 1. The van der Waals surface area contributed by atoms with E-state index in [4.69, 9.17) is 21.3 Å². The minimum absolute atomic E-state index is 0.0127. The Morgan fingerprint density at radius 3 is 2.48 bits per heavy atom. The van der Waals surface area contributed by atoms with Crippen molar-refractivity contribution in [1.82, 2.24) is 28.8 Å². The standard InChI is InChI=1S/C28H23ClF3N7O3/c1-42-26-24-20(9-22(35-26)38-16-2-3-17(38)11-33-10-16)37(13-14-6-18(30)25(32)19(31)7-14)28(41)39(27(24)40)23-12-34-21-8-15(29)4-5-36(21)23/h4-9,12,16-17,33H,2-3,10-11,13H2,1H3/t16-,17+. The van der Waals surface area contributed by atoms with Crippen molar-refractivity contribution in [2.75, 3.05) is 25.1 Å². The van der Waals surface area contributed by atoms with Crippen LogP contribution >= 0.6 is 11.6 Å². The molecular formula is C28H23ClF3N7O3. The first kappa shape index (κ1) is 26.5. The molecular weight excluding hydrogens is 575 g/mol. The molecule has 2 fully saturated rings. The van der Waals surface area contributed by atoms with E-state index in [1.54, 1.807) is 24.4 Å². The van der Waals surface area contributed by atoms with Gasteiger partial charge in [0.05, 0.1) is 25.4 Å². The number of nitrogens with zero attached hydrogens (tertiary/aromatic N) is 6. The molecule has 7 rings (SSSR count). The Bertz CT molecular complexity index is 1990. The summed E-state index contributed by atoms with van der Waals surface area (Å²) in [5, 5.41) is 3.79.